The quantitative estimate of drug-likeness (QED) is 0.751. The van der Waals surface area contributed by atoms with Gasteiger partial charge in [-0.15, -0.1) is 0 Å². The topological polar surface area (TPSA) is 66.9 Å². The second kappa shape index (κ2) is 4.97. The molecule has 0 unspecified atom stereocenters. The predicted octanol–water partition coefficient (Wildman–Crippen LogP) is 2.86. The Kier molecular flexibility index (Phi) is 3.15. The summed E-state index contributed by atoms with van der Waals surface area (Å²) in [6.07, 6.45) is 1.53. The fourth-order valence-electron chi connectivity index (χ4n) is 1.79. The lowest BCUT2D eigenvalue weighted by Gasteiger charge is -2.13. The third-order valence-corrected chi connectivity index (χ3v) is 2.94. The first-order valence-electron chi connectivity index (χ1n) is 5.95. The average Bonchev–Trinajstić information content (AvgIpc) is 2.87. The van der Waals surface area contributed by atoms with Gasteiger partial charge in [0.05, 0.1) is 6.33 Å². The molecule has 20 heavy (non-hydrogen) atoms. The van der Waals surface area contributed by atoms with Gasteiger partial charge in [-0.1, -0.05) is 6.07 Å². The number of rotatable bonds is 3. The molecule has 2 heterocycles. The van der Waals surface area contributed by atoms with E-state index in [9.17, 15) is 0 Å². The van der Waals surface area contributed by atoms with Crippen molar-refractivity contribution >= 4 is 28.5 Å². The van der Waals surface area contributed by atoms with E-state index in [-0.39, 0.29) is 5.28 Å². The standard InChI is InChI=1S/C13H12ClN5O/c1-19(2)8-4-3-5-9(6-8)20-12-10-11(16-7-15-10)17-13(14)18-12/h3-7H,1-2H3,(H,15,16,17,18). The molecular weight excluding hydrogens is 278 g/mol. The SMILES string of the molecule is CN(C)c1cccc(Oc2nc(Cl)nc3nc[nH]c23)c1. The van der Waals surface area contributed by atoms with Crippen molar-refractivity contribution in [3.05, 3.63) is 35.9 Å². The number of benzene rings is 1. The third-order valence-electron chi connectivity index (χ3n) is 2.77. The fraction of sp³-hybridized carbons (Fsp3) is 0.154. The molecule has 1 aromatic carbocycles. The molecule has 0 aliphatic carbocycles. The van der Waals surface area contributed by atoms with Gasteiger partial charge < -0.3 is 14.6 Å². The molecule has 3 aromatic rings. The summed E-state index contributed by atoms with van der Waals surface area (Å²) in [5.74, 6) is 1.02. The van der Waals surface area contributed by atoms with E-state index in [1.165, 1.54) is 6.33 Å². The normalized spacial score (nSPS) is 10.8. The summed E-state index contributed by atoms with van der Waals surface area (Å²) < 4.78 is 5.79. The van der Waals surface area contributed by atoms with E-state index in [2.05, 4.69) is 19.9 Å². The molecule has 0 aliphatic rings. The summed E-state index contributed by atoms with van der Waals surface area (Å²) in [6, 6.07) is 7.67. The zero-order valence-electron chi connectivity index (χ0n) is 11.0. The number of aromatic nitrogens is 4. The van der Waals surface area contributed by atoms with Gasteiger partial charge >= 0.3 is 0 Å². The summed E-state index contributed by atoms with van der Waals surface area (Å²) in [5, 5.41) is 0.100. The van der Waals surface area contributed by atoms with Crippen LogP contribution in [0, 0.1) is 0 Å². The van der Waals surface area contributed by atoms with Crippen molar-refractivity contribution < 1.29 is 4.74 Å². The van der Waals surface area contributed by atoms with Crippen LogP contribution in [0.15, 0.2) is 30.6 Å². The van der Waals surface area contributed by atoms with Crippen LogP contribution in [-0.4, -0.2) is 34.0 Å². The molecule has 6 nitrogen and oxygen atoms in total. The largest absolute Gasteiger partial charge is 0.437 e. The molecule has 0 radical (unpaired) electrons. The van der Waals surface area contributed by atoms with E-state index < -0.39 is 0 Å². The predicted molar refractivity (Wildman–Crippen MR) is 77.5 cm³/mol. The molecule has 3 rings (SSSR count). The summed E-state index contributed by atoms with van der Waals surface area (Å²) in [4.78, 5) is 17.1. The van der Waals surface area contributed by atoms with E-state index >= 15 is 0 Å². The maximum absolute atomic E-state index is 5.86. The molecule has 1 N–H and O–H groups in total. The van der Waals surface area contributed by atoms with E-state index in [4.69, 9.17) is 16.3 Å². The third kappa shape index (κ3) is 2.37. The maximum Gasteiger partial charge on any atom is 0.250 e. The highest BCUT2D eigenvalue weighted by Crippen LogP contribution is 2.28. The number of halogens is 1. The second-order valence-corrected chi connectivity index (χ2v) is 4.73. The van der Waals surface area contributed by atoms with Crippen molar-refractivity contribution in [3.8, 4) is 11.6 Å². The van der Waals surface area contributed by atoms with Gasteiger partial charge in [0.2, 0.25) is 11.2 Å². The summed E-state index contributed by atoms with van der Waals surface area (Å²) in [5.41, 5.74) is 2.12. The highest BCUT2D eigenvalue weighted by atomic mass is 35.5. The van der Waals surface area contributed by atoms with Crippen molar-refractivity contribution in [3.63, 3.8) is 0 Å². The van der Waals surface area contributed by atoms with E-state index in [1.54, 1.807) is 0 Å². The van der Waals surface area contributed by atoms with Crippen LogP contribution < -0.4 is 9.64 Å². The molecular formula is C13H12ClN5O. The van der Waals surface area contributed by atoms with E-state index in [0.717, 1.165) is 5.69 Å². The fourth-order valence-corrected chi connectivity index (χ4v) is 1.95. The number of H-pyrrole nitrogens is 1. The lowest BCUT2D eigenvalue weighted by Crippen LogP contribution is -2.08. The monoisotopic (exact) mass is 289 g/mol. The maximum atomic E-state index is 5.86. The molecule has 0 bridgehead atoms. The molecule has 0 aliphatic heterocycles. The molecule has 0 spiro atoms. The first-order valence-corrected chi connectivity index (χ1v) is 6.33. The van der Waals surface area contributed by atoms with Crippen LogP contribution in [0.2, 0.25) is 5.28 Å². The van der Waals surface area contributed by atoms with Crippen LogP contribution >= 0.6 is 11.6 Å². The van der Waals surface area contributed by atoms with Crippen LogP contribution in [0.4, 0.5) is 5.69 Å². The summed E-state index contributed by atoms with van der Waals surface area (Å²) in [7, 11) is 3.93. The minimum atomic E-state index is 0.100. The molecule has 0 saturated heterocycles. The molecule has 0 saturated carbocycles. The number of nitrogens with zero attached hydrogens (tertiary/aromatic N) is 4. The molecule has 0 fully saturated rings. The first-order chi connectivity index (χ1) is 9.63. The number of hydrogen-bond donors (Lipinski definition) is 1. The van der Waals surface area contributed by atoms with Crippen LogP contribution in [0.3, 0.4) is 0 Å². The van der Waals surface area contributed by atoms with E-state index in [1.807, 2.05) is 43.3 Å². The van der Waals surface area contributed by atoms with Crippen LogP contribution in [0.5, 0.6) is 11.6 Å². The van der Waals surface area contributed by atoms with Gasteiger partial charge in [-0.2, -0.15) is 9.97 Å². The zero-order chi connectivity index (χ0) is 14.1. The number of imidazole rings is 1. The lowest BCUT2D eigenvalue weighted by atomic mass is 10.3. The Bertz CT molecular complexity index is 755. The Balaban J connectivity index is 2.00. The van der Waals surface area contributed by atoms with Crippen LogP contribution in [0.25, 0.3) is 11.2 Å². The minimum absolute atomic E-state index is 0.100. The highest BCUT2D eigenvalue weighted by molar-refractivity contribution is 6.28. The molecule has 7 heteroatoms. The smallest absolute Gasteiger partial charge is 0.250 e. The van der Waals surface area contributed by atoms with Crippen LogP contribution in [-0.2, 0) is 0 Å². The Morgan fingerprint density at radius 2 is 2.10 bits per heavy atom. The number of hydrogen-bond acceptors (Lipinski definition) is 5. The Labute approximate surface area is 120 Å². The van der Waals surface area contributed by atoms with Gasteiger partial charge in [0, 0.05) is 25.8 Å². The highest BCUT2D eigenvalue weighted by Gasteiger charge is 2.11. The number of fused-ring (bicyclic) bond motifs is 1. The second-order valence-electron chi connectivity index (χ2n) is 4.39. The Morgan fingerprint density at radius 3 is 2.90 bits per heavy atom. The summed E-state index contributed by atoms with van der Waals surface area (Å²) >= 11 is 5.86. The van der Waals surface area contributed by atoms with Crippen LogP contribution in [0.1, 0.15) is 0 Å². The van der Waals surface area contributed by atoms with Gasteiger partial charge in [0.25, 0.3) is 0 Å². The number of anilines is 1. The van der Waals surface area contributed by atoms with Crippen molar-refractivity contribution in [2.75, 3.05) is 19.0 Å². The first kappa shape index (κ1) is 12.7. The van der Waals surface area contributed by atoms with Crippen molar-refractivity contribution in [2.45, 2.75) is 0 Å². The van der Waals surface area contributed by atoms with Gasteiger partial charge in [0.15, 0.2) is 5.65 Å². The van der Waals surface area contributed by atoms with Crippen molar-refractivity contribution in [1.29, 1.82) is 0 Å². The van der Waals surface area contributed by atoms with Crippen molar-refractivity contribution in [2.24, 2.45) is 0 Å². The van der Waals surface area contributed by atoms with Crippen molar-refractivity contribution in [1.82, 2.24) is 19.9 Å². The number of ether oxygens (including phenoxy) is 1. The van der Waals surface area contributed by atoms with Gasteiger partial charge in [0.1, 0.15) is 11.3 Å². The Morgan fingerprint density at radius 1 is 1.25 bits per heavy atom. The molecule has 0 amide bonds. The molecule has 2 aromatic heterocycles. The average molecular weight is 290 g/mol. The molecule has 102 valence electrons. The number of aromatic amines is 1. The van der Waals surface area contributed by atoms with E-state index in [0.29, 0.717) is 22.8 Å². The number of nitrogens with one attached hydrogen (secondary N) is 1. The minimum Gasteiger partial charge on any atom is -0.437 e. The lowest BCUT2D eigenvalue weighted by molar-refractivity contribution is 0.467. The van der Waals surface area contributed by atoms with Gasteiger partial charge in [-0.3, -0.25) is 0 Å². The molecule has 0 atom stereocenters. The Hall–Kier alpha value is -2.34. The zero-order valence-corrected chi connectivity index (χ0v) is 11.7. The van der Waals surface area contributed by atoms with Gasteiger partial charge in [-0.05, 0) is 23.7 Å². The van der Waals surface area contributed by atoms with Gasteiger partial charge in [-0.25, -0.2) is 4.98 Å². The summed E-state index contributed by atoms with van der Waals surface area (Å²) in [6.45, 7) is 0.